The molecule has 0 aliphatic rings. The zero-order valence-corrected chi connectivity index (χ0v) is 6.30. The molecule has 0 saturated heterocycles. The second kappa shape index (κ2) is 3.20. The van der Waals surface area contributed by atoms with Gasteiger partial charge in [0, 0.05) is 10.1 Å². The molecular formula is C7H3F5O. The molecule has 0 radical (unpaired) electrons. The van der Waals surface area contributed by atoms with Gasteiger partial charge in [-0.3, -0.25) is 4.94 Å². The zero-order valence-electron chi connectivity index (χ0n) is 6.30. The van der Waals surface area contributed by atoms with E-state index in [9.17, 15) is 22.1 Å². The van der Waals surface area contributed by atoms with E-state index in [1.807, 2.05) is 0 Å². The van der Waals surface area contributed by atoms with Gasteiger partial charge in [-0.05, 0) is 6.92 Å². The molecule has 0 spiro atoms. The fourth-order valence-corrected chi connectivity index (χ4v) is 0.813. The Hall–Kier alpha value is -1.33. The lowest BCUT2D eigenvalue weighted by atomic mass is 10.2. The van der Waals surface area contributed by atoms with Gasteiger partial charge in [-0.15, -0.1) is 0 Å². The standard InChI is InChI=1S/C7H3F5O/c1-2-3(8)4(9)5(10)6(11)7(2)13-12/h1H3. The monoisotopic (exact) mass is 198 g/mol. The summed E-state index contributed by atoms with van der Waals surface area (Å²) in [7, 11) is 0. The van der Waals surface area contributed by atoms with Crippen LogP contribution in [0.15, 0.2) is 0 Å². The molecule has 6 heteroatoms. The van der Waals surface area contributed by atoms with E-state index in [0.29, 0.717) is 0 Å². The average Bonchev–Trinajstić information content (AvgIpc) is 2.13. The van der Waals surface area contributed by atoms with Crippen molar-refractivity contribution in [1.29, 1.82) is 0 Å². The van der Waals surface area contributed by atoms with E-state index in [1.165, 1.54) is 0 Å². The first-order valence-corrected chi connectivity index (χ1v) is 3.11. The molecule has 1 aromatic carbocycles. The van der Waals surface area contributed by atoms with Crippen LogP contribution in [0.4, 0.5) is 22.1 Å². The molecule has 0 amide bonds. The summed E-state index contributed by atoms with van der Waals surface area (Å²) in [5.74, 6) is -8.94. The summed E-state index contributed by atoms with van der Waals surface area (Å²) in [5.41, 5.74) is -0.765. The molecule has 0 bridgehead atoms. The molecule has 0 aliphatic carbocycles. The quantitative estimate of drug-likeness (QED) is 0.383. The van der Waals surface area contributed by atoms with Gasteiger partial charge in [0.15, 0.2) is 11.6 Å². The summed E-state index contributed by atoms with van der Waals surface area (Å²) in [6, 6.07) is 0. The maximum Gasteiger partial charge on any atom is 0.216 e. The zero-order chi connectivity index (χ0) is 10.2. The van der Waals surface area contributed by atoms with Crippen LogP contribution in [0.25, 0.3) is 0 Å². The highest BCUT2D eigenvalue weighted by Crippen LogP contribution is 2.29. The predicted molar refractivity (Wildman–Crippen MR) is 32.7 cm³/mol. The van der Waals surface area contributed by atoms with E-state index in [1.54, 1.807) is 0 Å². The van der Waals surface area contributed by atoms with Crippen LogP contribution in [0.1, 0.15) is 5.56 Å². The molecule has 0 heterocycles. The van der Waals surface area contributed by atoms with Crippen molar-refractivity contribution in [2.75, 3.05) is 0 Å². The smallest absolute Gasteiger partial charge is 0.216 e. The van der Waals surface area contributed by atoms with Crippen LogP contribution in [0.2, 0.25) is 0 Å². The minimum Gasteiger partial charge on any atom is -0.291 e. The molecule has 0 unspecified atom stereocenters. The van der Waals surface area contributed by atoms with Gasteiger partial charge in [0.1, 0.15) is 0 Å². The topological polar surface area (TPSA) is 9.23 Å². The predicted octanol–water partition coefficient (Wildman–Crippen LogP) is 2.81. The molecule has 1 rings (SSSR count). The molecule has 0 aromatic heterocycles. The van der Waals surface area contributed by atoms with Crippen LogP contribution >= 0.6 is 0 Å². The van der Waals surface area contributed by atoms with E-state index < -0.39 is 34.6 Å². The van der Waals surface area contributed by atoms with Crippen molar-refractivity contribution in [2.45, 2.75) is 6.92 Å². The first kappa shape index (κ1) is 9.76. The molecule has 0 atom stereocenters. The van der Waals surface area contributed by atoms with E-state index >= 15 is 0 Å². The second-order valence-corrected chi connectivity index (χ2v) is 2.29. The van der Waals surface area contributed by atoms with Gasteiger partial charge >= 0.3 is 0 Å². The Morgan fingerprint density at radius 3 is 1.77 bits per heavy atom. The Kier molecular flexibility index (Phi) is 2.40. The molecule has 13 heavy (non-hydrogen) atoms. The molecule has 0 saturated carbocycles. The third-order valence-corrected chi connectivity index (χ3v) is 1.52. The van der Waals surface area contributed by atoms with Gasteiger partial charge in [-0.2, -0.15) is 4.39 Å². The number of benzene rings is 1. The Balaban J connectivity index is 3.56. The van der Waals surface area contributed by atoms with Gasteiger partial charge < -0.3 is 0 Å². The van der Waals surface area contributed by atoms with Crippen LogP contribution in [0.3, 0.4) is 0 Å². The third-order valence-electron chi connectivity index (χ3n) is 1.52. The summed E-state index contributed by atoms with van der Waals surface area (Å²) < 4.78 is 61.5. The average molecular weight is 198 g/mol. The molecule has 0 aliphatic heterocycles. The summed E-state index contributed by atoms with van der Waals surface area (Å²) in [4.78, 5) is 2.87. The lowest BCUT2D eigenvalue weighted by Crippen LogP contribution is -2.01. The molecular weight excluding hydrogens is 195 g/mol. The van der Waals surface area contributed by atoms with E-state index in [0.717, 1.165) is 6.92 Å². The minimum absolute atomic E-state index is 0.765. The highest BCUT2D eigenvalue weighted by Gasteiger charge is 2.24. The molecule has 0 N–H and O–H groups in total. The highest BCUT2D eigenvalue weighted by atomic mass is 19.3. The van der Waals surface area contributed by atoms with Crippen LogP contribution in [0.5, 0.6) is 5.75 Å². The summed E-state index contributed by atoms with van der Waals surface area (Å²) in [5, 5.41) is 0. The largest absolute Gasteiger partial charge is 0.291 e. The maximum absolute atomic E-state index is 12.6. The number of rotatable bonds is 1. The van der Waals surface area contributed by atoms with Crippen LogP contribution in [-0.4, -0.2) is 0 Å². The SMILES string of the molecule is Cc1c(F)c(F)c(F)c(F)c1OF. The van der Waals surface area contributed by atoms with E-state index in [2.05, 4.69) is 4.94 Å². The fourth-order valence-electron chi connectivity index (χ4n) is 0.813. The Morgan fingerprint density at radius 2 is 1.31 bits per heavy atom. The van der Waals surface area contributed by atoms with Gasteiger partial charge in [-0.25, -0.2) is 13.2 Å². The summed E-state index contributed by atoms with van der Waals surface area (Å²) in [6.45, 7) is 0.857. The lowest BCUT2D eigenvalue weighted by Gasteiger charge is -2.04. The van der Waals surface area contributed by atoms with Gasteiger partial charge in [0.05, 0.1) is 0 Å². The van der Waals surface area contributed by atoms with Crippen molar-refractivity contribution in [3.05, 3.63) is 28.8 Å². The second-order valence-electron chi connectivity index (χ2n) is 2.29. The van der Waals surface area contributed by atoms with Crippen molar-refractivity contribution in [3.63, 3.8) is 0 Å². The van der Waals surface area contributed by atoms with Crippen molar-refractivity contribution < 1.29 is 27.0 Å². The molecule has 72 valence electrons. The van der Waals surface area contributed by atoms with Crippen molar-refractivity contribution >= 4 is 0 Å². The van der Waals surface area contributed by atoms with Crippen molar-refractivity contribution in [3.8, 4) is 5.75 Å². The normalized spacial score (nSPS) is 10.3. The van der Waals surface area contributed by atoms with Crippen molar-refractivity contribution in [1.82, 2.24) is 0 Å². The van der Waals surface area contributed by atoms with Crippen molar-refractivity contribution in [2.24, 2.45) is 0 Å². The van der Waals surface area contributed by atoms with Gasteiger partial charge in [-0.1, -0.05) is 0 Å². The number of hydrogen-bond donors (Lipinski definition) is 0. The number of hydrogen-bond acceptors (Lipinski definition) is 1. The van der Waals surface area contributed by atoms with Crippen LogP contribution in [-0.2, 0) is 0 Å². The first-order chi connectivity index (χ1) is 6.00. The molecule has 0 fully saturated rings. The number of halogens is 5. The van der Waals surface area contributed by atoms with Crippen LogP contribution in [0, 0.1) is 30.2 Å². The molecule has 1 aromatic rings. The highest BCUT2D eigenvalue weighted by molar-refractivity contribution is 5.36. The van der Waals surface area contributed by atoms with E-state index in [4.69, 9.17) is 0 Å². The summed E-state index contributed by atoms with van der Waals surface area (Å²) >= 11 is 0. The van der Waals surface area contributed by atoms with Gasteiger partial charge in [0.25, 0.3) is 0 Å². The van der Waals surface area contributed by atoms with Gasteiger partial charge in [0.2, 0.25) is 17.4 Å². The fraction of sp³-hybridized carbons (Fsp3) is 0.143. The minimum atomic E-state index is -2.10. The Bertz CT molecular complexity index is 320. The lowest BCUT2D eigenvalue weighted by molar-refractivity contribution is -0.0130. The van der Waals surface area contributed by atoms with Crippen LogP contribution < -0.4 is 4.94 Å². The Morgan fingerprint density at radius 1 is 0.846 bits per heavy atom. The van der Waals surface area contributed by atoms with E-state index in [-0.39, 0.29) is 0 Å². The first-order valence-electron chi connectivity index (χ1n) is 3.11. The Labute approximate surface area is 69.6 Å². The summed E-state index contributed by atoms with van der Waals surface area (Å²) in [6.07, 6.45) is 0. The molecule has 1 nitrogen and oxygen atoms in total. The third kappa shape index (κ3) is 1.32. The maximum atomic E-state index is 12.6.